The number of benzene rings is 1. The minimum atomic E-state index is 0.296. The van der Waals surface area contributed by atoms with Crippen molar-refractivity contribution in [3.8, 4) is 0 Å². The lowest BCUT2D eigenvalue weighted by atomic mass is 10.1. The Kier molecular flexibility index (Phi) is 4.36. The van der Waals surface area contributed by atoms with Crippen LogP contribution >= 0.6 is 39.1 Å². The van der Waals surface area contributed by atoms with Gasteiger partial charge in [-0.15, -0.1) is 0 Å². The van der Waals surface area contributed by atoms with E-state index in [-0.39, 0.29) is 0 Å². The molecule has 1 aliphatic rings. The maximum Gasteiger partial charge on any atom is 0.0722 e. The van der Waals surface area contributed by atoms with E-state index in [1.807, 2.05) is 12.1 Å². The first-order chi connectivity index (χ1) is 7.66. The lowest BCUT2D eigenvalue weighted by Crippen LogP contribution is -2.30. The molecule has 0 aliphatic carbocycles. The molecule has 1 aliphatic heterocycles. The maximum atomic E-state index is 6.14. The lowest BCUT2D eigenvalue weighted by molar-refractivity contribution is 0.0876. The van der Waals surface area contributed by atoms with Gasteiger partial charge < -0.3 is 10.1 Å². The van der Waals surface area contributed by atoms with Crippen LogP contribution < -0.4 is 5.32 Å². The standard InChI is InChI=1S/C11H12BrCl2NO/c12-7-4-9(13)11(10(14)5-7)15-8-2-1-3-16-6-8/h4-5,8,15H,1-3,6H2. The summed E-state index contributed by atoms with van der Waals surface area (Å²) in [6.45, 7) is 1.56. The third-order valence-corrected chi connectivity index (χ3v) is 3.57. The molecular weight excluding hydrogens is 313 g/mol. The summed E-state index contributed by atoms with van der Waals surface area (Å²) < 4.78 is 6.28. The fourth-order valence-electron chi connectivity index (χ4n) is 1.74. The molecule has 0 saturated carbocycles. The highest BCUT2D eigenvalue weighted by atomic mass is 79.9. The Morgan fingerprint density at radius 1 is 1.31 bits per heavy atom. The first-order valence-corrected chi connectivity index (χ1v) is 6.70. The van der Waals surface area contributed by atoms with E-state index >= 15 is 0 Å². The quantitative estimate of drug-likeness (QED) is 0.873. The molecule has 2 rings (SSSR count). The summed E-state index contributed by atoms with van der Waals surface area (Å²) >= 11 is 15.6. The molecule has 1 aromatic rings. The van der Waals surface area contributed by atoms with Gasteiger partial charge in [0.15, 0.2) is 0 Å². The Morgan fingerprint density at radius 3 is 2.56 bits per heavy atom. The summed E-state index contributed by atoms with van der Waals surface area (Å²) in [4.78, 5) is 0. The monoisotopic (exact) mass is 323 g/mol. The highest BCUT2D eigenvalue weighted by Crippen LogP contribution is 2.34. The number of nitrogens with one attached hydrogen (secondary N) is 1. The number of hydrogen-bond donors (Lipinski definition) is 1. The molecule has 1 unspecified atom stereocenters. The van der Waals surface area contributed by atoms with Gasteiger partial charge in [0, 0.05) is 17.1 Å². The molecule has 1 fully saturated rings. The number of halogens is 3. The van der Waals surface area contributed by atoms with Crippen molar-refractivity contribution in [2.24, 2.45) is 0 Å². The second-order valence-corrected chi connectivity index (χ2v) is 5.53. The molecule has 2 nitrogen and oxygen atoms in total. The molecule has 0 bridgehead atoms. The van der Waals surface area contributed by atoms with Gasteiger partial charge in [0.05, 0.1) is 22.3 Å². The smallest absolute Gasteiger partial charge is 0.0722 e. The van der Waals surface area contributed by atoms with Gasteiger partial charge in [-0.1, -0.05) is 39.1 Å². The Labute approximate surface area is 113 Å². The van der Waals surface area contributed by atoms with Crippen LogP contribution in [0.4, 0.5) is 5.69 Å². The van der Waals surface area contributed by atoms with Crippen LogP contribution in [0.1, 0.15) is 12.8 Å². The minimum absolute atomic E-state index is 0.296. The average Bonchev–Trinajstić information content (AvgIpc) is 2.25. The summed E-state index contributed by atoms with van der Waals surface area (Å²) in [7, 11) is 0. The molecule has 1 aromatic carbocycles. The van der Waals surface area contributed by atoms with Crippen LogP contribution in [0, 0.1) is 0 Å². The molecule has 1 saturated heterocycles. The van der Waals surface area contributed by atoms with E-state index in [9.17, 15) is 0 Å². The summed E-state index contributed by atoms with van der Waals surface area (Å²) in [6, 6.07) is 3.96. The summed E-state index contributed by atoms with van der Waals surface area (Å²) in [6.07, 6.45) is 2.16. The summed E-state index contributed by atoms with van der Waals surface area (Å²) in [5.41, 5.74) is 0.794. The molecule has 1 heterocycles. The third-order valence-electron chi connectivity index (χ3n) is 2.52. The van der Waals surface area contributed by atoms with Gasteiger partial charge >= 0.3 is 0 Å². The fraction of sp³-hybridized carbons (Fsp3) is 0.455. The topological polar surface area (TPSA) is 21.3 Å². The minimum Gasteiger partial charge on any atom is -0.379 e. The maximum absolute atomic E-state index is 6.14. The SMILES string of the molecule is Clc1cc(Br)cc(Cl)c1NC1CCCOC1. The highest BCUT2D eigenvalue weighted by Gasteiger charge is 2.16. The zero-order chi connectivity index (χ0) is 11.5. The second-order valence-electron chi connectivity index (χ2n) is 3.80. The van der Waals surface area contributed by atoms with Crippen molar-refractivity contribution >= 4 is 44.8 Å². The van der Waals surface area contributed by atoms with Gasteiger partial charge in [0.2, 0.25) is 0 Å². The van der Waals surface area contributed by atoms with Crippen molar-refractivity contribution in [2.45, 2.75) is 18.9 Å². The van der Waals surface area contributed by atoms with E-state index in [0.29, 0.717) is 22.7 Å². The molecule has 5 heteroatoms. The number of rotatable bonds is 2. The molecule has 0 spiro atoms. The number of ether oxygens (including phenoxy) is 1. The number of hydrogen-bond acceptors (Lipinski definition) is 2. The van der Waals surface area contributed by atoms with E-state index in [1.165, 1.54) is 0 Å². The molecule has 0 radical (unpaired) electrons. The molecule has 1 N–H and O–H groups in total. The van der Waals surface area contributed by atoms with E-state index in [0.717, 1.165) is 29.6 Å². The zero-order valence-corrected chi connectivity index (χ0v) is 11.7. The molecule has 88 valence electrons. The van der Waals surface area contributed by atoms with Gasteiger partial charge in [-0.05, 0) is 25.0 Å². The van der Waals surface area contributed by atoms with Crippen molar-refractivity contribution in [1.29, 1.82) is 0 Å². The van der Waals surface area contributed by atoms with Crippen molar-refractivity contribution in [1.82, 2.24) is 0 Å². The molecular formula is C11H12BrCl2NO. The predicted octanol–water partition coefficient (Wildman–Crippen LogP) is 4.35. The van der Waals surface area contributed by atoms with Crippen LogP contribution in [0.25, 0.3) is 0 Å². The van der Waals surface area contributed by atoms with Crippen LogP contribution in [0.15, 0.2) is 16.6 Å². The van der Waals surface area contributed by atoms with Crippen LogP contribution in [0.3, 0.4) is 0 Å². The predicted molar refractivity (Wildman–Crippen MR) is 71.6 cm³/mol. The molecule has 0 aromatic heterocycles. The average molecular weight is 325 g/mol. The molecule has 0 amide bonds. The largest absolute Gasteiger partial charge is 0.379 e. The first-order valence-electron chi connectivity index (χ1n) is 5.15. The van der Waals surface area contributed by atoms with Crippen LogP contribution in [0.5, 0.6) is 0 Å². The highest BCUT2D eigenvalue weighted by molar-refractivity contribution is 9.10. The van der Waals surface area contributed by atoms with Gasteiger partial charge in [0.25, 0.3) is 0 Å². The molecule has 16 heavy (non-hydrogen) atoms. The van der Waals surface area contributed by atoms with Gasteiger partial charge in [0.1, 0.15) is 0 Å². The van der Waals surface area contributed by atoms with Gasteiger partial charge in [-0.2, -0.15) is 0 Å². The molecule has 1 atom stereocenters. The van der Waals surface area contributed by atoms with E-state index in [1.54, 1.807) is 0 Å². The van der Waals surface area contributed by atoms with Crippen molar-refractivity contribution in [2.75, 3.05) is 18.5 Å². The Bertz CT molecular complexity index is 357. The summed E-state index contributed by atoms with van der Waals surface area (Å²) in [5, 5.41) is 4.59. The Balaban J connectivity index is 2.14. The van der Waals surface area contributed by atoms with Crippen molar-refractivity contribution in [3.63, 3.8) is 0 Å². The van der Waals surface area contributed by atoms with Crippen molar-refractivity contribution in [3.05, 3.63) is 26.7 Å². The normalized spacial score (nSPS) is 20.8. The number of anilines is 1. The zero-order valence-electron chi connectivity index (χ0n) is 8.60. The second kappa shape index (κ2) is 5.58. The van der Waals surface area contributed by atoms with Crippen LogP contribution in [0.2, 0.25) is 10.0 Å². The Hall–Kier alpha value is 0.0400. The third kappa shape index (κ3) is 3.04. The van der Waals surface area contributed by atoms with Gasteiger partial charge in [-0.25, -0.2) is 0 Å². The van der Waals surface area contributed by atoms with Crippen LogP contribution in [-0.4, -0.2) is 19.3 Å². The summed E-state index contributed by atoms with van der Waals surface area (Å²) in [5.74, 6) is 0. The lowest BCUT2D eigenvalue weighted by Gasteiger charge is -2.25. The van der Waals surface area contributed by atoms with Crippen molar-refractivity contribution < 1.29 is 4.74 Å². The van der Waals surface area contributed by atoms with Crippen LogP contribution in [-0.2, 0) is 4.74 Å². The Morgan fingerprint density at radius 2 is 2.00 bits per heavy atom. The van der Waals surface area contributed by atoms with Gasteiger partial charge in [-0.3, -0.25) is 0 Å². The first kappa shape index (κ1) is 12.5. The van der Waals surface area contributed by atoms with E-state index < -0.39 is 0 Å². The van der Waals surface area contributed by atoms with E-state index in [4.69, 9.17) is 27.9 Å². The fourth-order valence-corrected chi connectivity index (χ4v) is 3.06. The van der Waals surface area contributed by atoms with E-state index in [2.05, 4.69) is 21.2 Å².